The molecule has 148 valence electrons. The van der Waals surface area contributed by atoms with Gasteiger partial charge < -0.3 is 0 Å². The van der Waals surface area contributed by atoms with E-state index in [0.29, 0.717) is 0 Å². The Morgan fingerprint density at radius 2 is 1.52 bits per heavy atom. The molecule has 1 heteroatoms. The number of hydrogen-bond donors (Lipinski definition) is 0. The molecule has 2 saturated carbocycles. The van der Waals surface area contributed by atoms with Gasteiger partial charge in [0.15, 0.2) is 0 Å². The molecule has 0 spiro atoms. The predicted molar refractivity (Wildman–Crippen MR) is 114 cm³/mol. The van der Waals surface area contributed by atoms with Gasteiger partial charge >= 0.3 is 0 Å². The second kappa shape index (κ2) is 6.34. The van der Waals surface area contributed by atoms with Crippen molar-refractivity contribution >= 4 is 0 Å². The van der Waals surface area contributed by atoms with Crippen molar-refractivity contribution in [3.63, 3.8) is 0 Å². The molecule has 1 nitrogen and oxygen atoms in total. The third-order valence-corrected chi connectivity index (χ3v) is 9.87. The Hall–Kier alpha value is -0.820. The van der Waals surface area contributed by atoms with E-state index in [4.69, 9.17) is 0 Å². The van der Waals surface area contributed by atoms with Crippen molar-refractivity contribution in [2.24, 2.45) is 35.5 Å². The summed E-state index contributed by atoms with van der Waals surface area (Å²) in [6.07, 6.45) is 4.09. The molecule has 0 N–H and O–H groups in total. The standard InChI is InChI=1S/C26H39N/c1-14-12-23-24(17(14)4)26-21-8-7-20(13-22(21)25(23)26)9-10-27-18(5)15(2)11-16(3)19(27)6/h7-8,13-19,23-26H,9-12H2,1-6H3/t14-,15-,16+,17-,18-,19+,23?,24-,25+,26-/m1/s1. The summed E-state index contributed by atoms with van der Waals surface area (Å²) >= 11 is 0. The zero-order chi connectivity index (χ0) is 19.0. The molecule has 1 aliphatic heterocycles. The molecular formula is C26H39N. The highest BCUT2D eigenvalue weighted by Crippen LogP contribution is 2.73. The first kappa shape index (κ1) is 18.2. The summed E-state index contributed by atoms with van der Waals surface area (Å²) in [7, 11) is 0. The summed E-state index contributed by atoms with van der Waals surface area (Å²) in [6.45, 7) is 16.0. The molecule has 0 aromatic heterocycles. The first-order chi connectivity index (χ1) is 12.9. The van der Waals surface area contributed by atoms with Crippen LogP contribution in [0.5, 0.6) is 0 Å². The summed E-state index contributed by atoms with van der Waals surface area (Å²) in [4.78, 5) is 2.79. The third kappa shape index (κ3) is 2.53. The van der Waals surface area contributed by atoms with Crippen LogP contribution in [0, 0.1) is 35.5 Å². The van der Waals surface area contributed by atoms with Gasteiger partial charge in [-0.25, -0.2) is 0 Å². The first-order valence-corrected chi connectivity index (χ1v) is 11.8. The number of nitrogens with zero attached hydrogens (tertiary/aromatic N) is 1. The number of benzene rings is 1. The highest BCUT2D eigenvalue weighted by molar-refractivity contribution is 5.53. The maximum absolute atomic E-state index is 2.79. The van der Waals surface area contributed by atoms with Gasteiger partial charge in [-0.15, -0.1) is 0 Å². The Kier molecular flexibility index (Phi) is 4.28. The van der Waals surface area contributed by atoms with Crippen LogP contribution in [0.3, 0.4) is 0 Å². The lowest BCUT2D eigenvalue weighted by molar-refractivity contribution is 0.0288. The van der Waals surface area contributed by atoms with E-state index < -0.39 is 0 Å². The molecule has 27 heavy (non-hydrogen) atoms. The van der Waals surface area contributed by atoms with Crippen molar-refractivity contribution in [3.05, 3.63) is 34.9 Å². The second-order valence-electron chi connectivity index (χ2n) is 11.0. The average Bonchev–Trinajstić information content (AvgIpc) is 2.84. The molecule has 1 aromatic carbocycles. The number of likely N-dealkylation sites (tertiary alicyclic amines) is 1. The predicted octanol–water partition coefficient (Wildman–Crippen LogP) is 6.09. The summed E-state index contributed by atoms with van der Waals surface area (Å²) in [6, 6.07) is 9.01. The molecule has 10 atom stereocenters. The van der Waals surface area contributed by atoms with E-state index in [1.54, 1.807) is 16.7 Å². The minimum atomic E-state index is 0.723. The highest BCUT2D eigenvalue weighted by atomic mass is 15.2. The van der Waals surface area contributed by atoms with Crippen molar-refractivity contribution in [1.29, 1.82) is 0 Å². The van der Waals surface area contributed by atoms with Crippen LogP contribution in [-0.2, 0) is 6.42 Å². The molecule has 1 unspecified atom stereocenters. The smallest absolute Gasteiger partial charge is 0.00957 e. The van der Waals surface area contributed by atoms with Crippen LogP contribution in [0.2, 0.25) is 0 Å². The van der Waals surface area contributed by atoms with E-state index in [9.17, 15) is 0 Å². The van der Waals surface area contributed by atoms with Gasteiger partial charge in [-0.05, 0) is 97.1 Å². The molecule has 1 aromatic rings. The molecule has 1 saturated heterocycles. The van der Waals surface area contributed by atoms with Gasteiger partial charge in [-0.3, -0.25) is 4.90 Å². The fraction of sp³-hybridized carbons (Fsp3) is 0.769. The molecule has 0 radical (unpaired) electrons. The van der Waals surface area contributed by atoms with Crippen LogP contribution in [0.1, 0.15) is 82.9 Å². The SMILES string of the molecule is C[C@H]1[C@@H]2C(C[C@H]1C)[C@@H]1c3cc(CCN4[C@H](C)[C@H](C)C[C@H](C)[C@@H]4C)ccc3[C@H]21. The Morgan fingerprint density at radius 1 is 0.815 bits per heavy atom. The normalized spacial score (nSPS) is 48.2. The maximum atomic E-state index is 2.79. The van der Waals surface area contributed by atoms with Gasteiger partial charge in [0.05, 0.1) is 0 Å². The zero-order valence-corrected chi connectivity index (χ0v) is 18.3. The quantitative estimate of drug-likeness (QED) is 0.627. The van der Waals surface area contributed by atoms with E-state index in [2.05, 4.69) is 64.6 Å². The van der Waals surface area contributed by atoms with Crippen molar-refractivity contribution in [3.8, 4) is 0 Å². The summed E-state index contributed by atoms with van der Waals surface area (Å²) in [5, 5.41) is 0. The van der Waals surface area contributed by atoms with Gasteiger partial charge in [0.2, 0.25) is 0 Å². The molecule has 1 heterocycles. The molecule has 4 aliphatic rings. The zero-order valence-electron chi connectivity index (χ0n) is 18.3. The van der Waals surface area contributed by atoms with E-state index in [1.165, 1.54) is 25.8 Å². The lowest BCUT2D eigenvalue weighted by Gasteiger charge is -2.59. The average molecular weight is 366 g/mol. The lowest BCUT2D eigenvalue weighted by atomic mass is 9.44. The van der Waals surface area contributed by atoms with E-state index in [1.807, 2.05) is 0 Å². The number of rotatable bonds is 3. The highest BCUT2D eigenvalue weighted by Gasteiger charge is 2.63. The van der Waals surface area contributed by atoms with Crippen molar-refractivity contribution in [2.75, 3.05) is 6.54 Å². The largest absolute Gasteiger partial charge is 0.297 e. The minimum absolute atomic E-state index is 0.723. The molecule has 3 aliphatic carbocycles. The van der Waals surface area contributed by atoms with Crippen LogP contribution in [0.4, 0.5) is 0 Å². The Morgan fingerprint density at radius 3 is 2.22 bits per heavy atom. The van der Waals surface area contributed by atoms with Gasteiger partial charge in [0.25, 0.3) is 0 Å². The molecule has 5 rings (SSSR count). The Balaban J connectivity index is 1.28. The van der Waals surface area contributed by atoms with Gasteiger partial charge in [-0.1, -0.05) is 45.9 Å². The van der Waals surface area contributed by atoms with Crippen molar-refractivity contribution in [1.82, 2.24) is 4.90 Å². The van der Waals surface area contributed by atoms with E-state index in [-0.39, 0.29) is 0 Å². The summed E-state index contributed by atoms with van der Waals surface area (Å²) in [5.74, 6) is 7.38. The molecule has 3 fully saturated rings. The first-order valence-electron chi connectivity index (χ1n) is 11.8. The third-order valence-electron chi connectivity index (χ3n) is 9.87. The number of piperidine rings is 1. The fourth-order valence-electron chi connectivity index (χ4n) is 7.68. The van der Waals surface area contributed by atoms with E-state index >= 15 is 0 Å². The summed E-state index contributed by atoms with van der Waals surface area (Å²) < 4.78 is 0. The van der Waals surface area contributed by atoms with Crippen LogP contribution in [0.25, 0.3) is 0 Å². The monoisotopic (exact) mass is 365 g/mol. The summed E-state index contributed by atoms with van der Waals surface area (Å²) in [5.41, 5.74) is 5.04. The van der Waals surface area contributed by atoms with Crippen molar-refractivity contribution in [2.45, 2.75) is 84.7 Å². The van der Waals surface area contributed by atoms with Crippen LogP contribution < -0.4 is 0 Å². The lowest BCUT2D eigenvalue weighted by Crippen LogP contribution is -2.52. The number of fused-ring (bicyclic) bond motifs is 7. The number of hydrogen-bond acceptors (Lipinski definition) is 1. The van der Waals surface area contributed by atoms with Crippen LogP contribution in [0.15, 0.2) is 18.2 Å². The van der Waals surface area contributed by atoms with Crippen LogP contribution >= 0.6 is 0 Å². The van der Waals surface area contributed by atoms with Gasteiger partial charge in [0.1, 0.15) is 0 Å². The molecule has 0 amide bonds. The Labute approximate surface area is 166 Å². The van der Waals surface area contributed by atoms with Gasteiger partial charge in [-0.2, -0.15) is 0 Å². The Bertz CT molecular complexity index is 709. The second-order valence-corrected chi connectivity index (χ2v) is 11.0. The minimum Gasteiger partial charge on any atom is -0.297 e. The van der Waals surface area contributed by atoms with E-state index in [0.717, 1.165) is 59.4 Å². The van der Waals surface area contributed by atoms with Crippen molar-refractivity contribution < 1.29 is 0 Å². The fourth-order valence-corrected chi connectivity index (χ4v) is 7.68. The van der Waals surface area contributed by atoms with Crippen LogP contribution in [-0.4, -0.2) is 23.5 Å². The van der Waals surface area contributed by atoms with Gasteiger partial charge in [0, 0.05) is 18.6 Å². The maximum Gasteiger partial charge on any atom is 0.00957 e. The molecule has 0 bridgehead atoms. The topological polar surface area (TPSA) is 3.24 Å². The molecular weight excluding hydrogens is 326 g/mol.